The van der Waals surface area contributed by atoms with Gasteiger partial charge in [0.25, 0.3) is 0 Å². The fraction of sp³-hybridized carbons (Fsp3) is 0.933. The first-order valence-corrected chi connectivity index (χ1v) is 7.39. The van der Waals surface area contributed by atoms with Crippen LogP contribution < -0.4 is 5.32 Å². The summed E-state index contributed by atoms with van der Waals surface area (Å²) in [7, 11) is 0. The topological polar surface area (TPSA) is 49.3 Å². The largest absolute Gasteiger partial charge is 0.481 e. The molecule has 2 saturated carbocycles. The first kappa shape index (κ1) is 13.9. The second kappa shape index (κ2) is 5.20. The van der Waals surface area contributed by atoms with Crippen LogP contribution in [0.25, 0.3) is 0 Å². The van der Waals surface area contributed by atoms with Gasteiger partial charge in [-0.05, 0) is 43.1 Å². The molecule has 0 spiro atoms. The lowest BCUT2D eigenvalue weighted by atomic mass is 9.61. The SMILES string of the molecule is CC1C(NCCC2CC2)CCC(C(=O)O)C1(C)C. The smallest absolute Gasteiger partial charge is 0.307 e. The van der Waals surface area contributed by atoms with Gasteiger partial charge in [0.2, 0.25) is 0 Å². The number of hydrogen-bond donors (Lipinski definition) is 2. The summed E-state index contributed by atoms with van der Waals surface area (Å²) in [5.41, 5.74) is -0.110. The molecule has 2 aliphatic rings. The fourth-order valence-electron chi connectivity index (χ4n) is 3.40. The molecule has 3 unspecified atom stereocenters. The van der Waals surface area contributed by atoms with Crippen LogP contribution in [0.5, 0.6) is 0 Å². The molecule has 3 heteroatoms. The summed E-state index contributed by atoms with van der Waals surface area (Å²) in [6.07, 6.45) is 5.94. The molecular formula is C15H27NO2. The van der Waals surface area contributed by atoms with Crippen LogP contribution >= 0.6 is 0 Å². The predicted octanol–water partition coefficient (Wildman–Crippen LogP) is 2.90. The molecule has 0 heterocycles. The molecule has 0 aliphatic heterocycles. The lowest BCUT2D eigenvalue weighted by Gasteiger charge is -2.46. The number of aliphatic carboxylic acids is 1. The van der Waals surface area contributed by atoms with Gasteiger partial charge in [-0.2, -0.15) is 0 Å². The van der Waals surface area contributed by atoms with Gasteiger partial charge in [-0.15, -0.1) is 0 Å². The Labute approximate surface area is 110 Å². The van der Waals surface area contributed by atoms with Crippen molar-refractivity contribution in [3.63, 3.8) is 0 Å². The number of rotatable bonds is 5. The first-order chi connectivity index (χ1) is 8.43. The average molecular weight is 253 g/mol. The molecule has 18 heavy (non-hydrogen) atoms. The standard InChI is InChI=1S/C15H27NO2/c1-10-13(16-9-8-11-4-5-11)7-6-12(14(17)18)15(10,2)3/h10-13,16H,4-9H2,1-3H3,(H,17,18). The van der Waals surface area contributed by atoms with E-state index in [1.54, 1.807) is 0 Å². The van der Waals surface area contributed by atoms with Crippen LogP contribution in [0.1, 0.15) is 52.9 Å². The van der Waals surface area contributed by atoms with Crippen LogP contribution in [-0.2, 0) is 4.79 Å². The van der Waals surface area contributed by atoms with E-state index in [1.807, 2.05) is 0 Å². The molecule has 3 nitrogen and oxygen atoms in total. The zero-order valence-electron chi connectivity index (χ0n) is 11.9. The minimum Gasteiger partial charge on any atom is -0.481 e. The third kappa shape index (κ3) is 2.87. The van der Waals surface area contributed by atoms with Crippen LogP contribution in [0.2, 0.25) is 0 Å². The van der Waals surface area contributed by atoms with E-state index in [9.17, 15) is 9.90 Å². The minimum atomic E-state index is -0.622. The molecular weight excluding hydrogens is 226 g/mol. The molecule has 2 N–H and O–H groups in total. The molecule has 2 fully saturated rings. The third-order valence-corrected chi connectivity index (χ3v) is 5.40. The maximum Gasteiger partial charge on any atom is 0.307 e. The van der Waals surface area contributed by atoms with Gasteiger partial charge in [0.05, 0.1) is 5.92 Å². The van der Waals surface area contributed by atoms with Gasteiger partial charge in [0.1, 0.15) is 0 Å². The lowest BCUT2D eigenvalue weighted by molar-refractivity contribution is -0.150. The summed E-state index contributed by atoms with van der Waals surface area (Å²) < 4.78 is 0. The fourth-order valence-corrected chi connectivity index (χ4v) is 3.40. The number of hydrogen-bond acceptors (Lipinski definition) is 2. The Morgan fingerprint density at radius 3 is 2.50 bits per heavy atom. The van der Waals surface area contributed by atoms with Crippen molar-refractivity contribution in [1.29, 1.82) is 0 Å². The van der Waals surface area contributed by atoms with Gasteiger partial charge < -0.3 is 10.4 Å². The van der Waals surface area contributed by atoms with E-state index >= 15 is 0 Å². The van der Waals surface area contributed by atoms with Crippen molar-refractivity contribution in [2.45, 2.75) is 58.9 Å². The first-order valence-electron chi connectivity index (χ1n) is 7.39. The normalized spacial score (nSPS) is 35.4. The van der Waals surface area contributed by atoms with Crippen molar-refractivity contribution in [2.24, 2.45) is 23.2 Å². The highest BCUT2D eigenvalue weighted by Gasteiger charge is 2.46. The van der Waals surface area contributed by atoms with Gasteiger partial charge in [-0.3, -0.25) is 4.79 Å². The number of carboxylic acid groups (broad SMARTS) is 1. The van der Waals surface area contributed by atoms with Crippen molar-refractivity contribution in [3.8, 4) is 0 Å². The molecule has 0 amide bonds. The second-order valence-electron chi connectivity index (χ2n) is 6.87. The molecule has 0 radical (unpaired) electrons. The van der Waals surface area contributed by atoms with Crippen molar-refractivity contribution in [1.82, 2.24) is 5.32 Å². The molecule has 2 aliphatic carbocycles. The Kier molecular flexibility index (Phi) is 4.00. The van der Waals surface area contributed by atoms with Crippen LogP contribution in [0.3, 0.4) is 0 Å². The Balaban J connectivity index is 1.88. The van der Waals surface area contributed by atoms with Gasteiger partial charge in [0, 0.05) is 6.04 Å². The van der Waals surface area contributed by atoms with Gasteiger partial charge >= 0.3 is 5.97 Å². The van der Waals surface area contributed by atoms with Crippen molar-refractivity contribution >= 4 is 5.97 Å². The zero-order chi connectivity index (χ0) is 13.3. The van der Waals surface area contributed by atoms with Crippen molar-refractivity contribution in [3.05, 3.63) is 0 Å². The summed E-state index contributed by atoms with van der Waals surface area (Å²) in [6.45, 7) is 7.55. The minimum absolute atomic E-state index is 0.110. The zero-order valence-corrected chi connectivity index (χ0v) is 11.9. The third-order valence-electron chi connectivity index (χ3n) is 5.40. The highest BCUT2D eigenvalue weighted by molar-refractivity contribution is 5.71. The van der Waals surface area contributed by atoms with Crippen LogP contribution in [-0.4, -0.2) is 23.7 Å². The Bertz CT molecular complexity index is 310. The van der Waals surface area contributed by atoms with E-state index in [4.69, 9.17) is 0 Å². The number of nitrogens with one attached hydrogen (secondary N) is 1. The summed E-state index contributed by atoms with van der Waals surface area (Å²) in [4.78, 5) is 11.3. The maximum atomic E-state index is 11.3. The molecule has 3 atom stereocenters. The Morgan fingerprint density at radius 1 is 1.28 bits per heavy atom. The van der Waals surface area contributed by atoms with E-state index < -0.39 is 5.97 Å². The highest BCUT2D eigenvalue weighted by atomic mass is 16.4. The van der Waals surface area contributed by atoms with E-state index in [0.717, 1.165) is 25.3 Å². The second-order valence-corrected chi connectivity index (χ2v) is 6.87. The number of carboxylic acids is 1. The van der Waals surface area contributed by atoms with Crippen molar-refractivity contribution in [2.75, 3.05) is 6.54 Å². The van der Waals surface area contributed by atoms with Gasteiger partial charge in [-0.1, -0.05) is 33.6 Å². The van der Waals surface area contributed by atoms with E-state index in [-0.39, 0.29) is 11.3 Å². The van der Waals surface area contributed by atoms with Crippen LogP contribution in [0.15, 0.2) is 0 Å². The monoisotopic (exact) mass is 253 g/mol. The molecule has 0 aromatic rings. The highest BCUT2D eigenvalue weighted by Crippen LogP contribution is 2.45. The summed E-state index contributed by atoms with van der Waals surface area (Å²) >= 11 is 0. The van der Waals surface area contributed by atoms with Gasteiger partial charge in [-0.25, -0.2) is 0 Å². The lowest BCUT2D eigenvalue weighted by Crippen LogP contribution is -2.51. The molecule has 0 aromatic heterocycles. The molecule has 0 bridgehead atoms. The summed E-state index contributed by atoms with van der Waals surface area (Å²) in [5.74, 6) is 0.583. The Hall–Kier alpha value is -0.570. The average Bonchev–Trinajstić information content (AvgIpc) is 3.07. The maximum absolute atomic E-state index is 11.3. The van der Waals surface area contributed by atoms with Crippen LogP contribution in [0.4, 0.5) is 0 Å². The number of carbonyl (C=O) groups is 1. The van der Waals surface area contributed by atoms with Crippen LogP contribution in [0, 0.1) is 23.2 Å². The summed E-state index contributed by atoms with van der Waals surface area (Å²) in [6, 6.07) is 0.495. The molecule has 104 valence electrons. The summed E-state index contributed by atoms with van der Waals surface area (Å²) in [5, 5.41) is 13.0. The Morgan fingerprint density at radius 2 is 1.94 bits per heavy atom. The quantitative estimate of drug-likeness (QED) is 0.792. The molecule has 0 aromatic carbocycles. The predicted molar refractivity (Wildman–Crippen MR) is 72.4 cm³/mol. The van der Waals surface area contributed by atoms with E-state index in [1.165, 1.54) is 19.3 Å². The molecule has 2 rings (SSSR count). The van der Waals surface area contributed by atoms with E-state index in [2.05, 4.69) is 26.1 Å². The van der Waals surface area contributed by atoms with Gasteiger partial charge in [0.15, 0.2) is 0 Å². The van der Waals surface area contributed by atoms with Crippen molar-refractivity contribution < 1.29 is 9.90 Å². The molecule has 0 saturated heterocycles. The van der Waals surface area contributed by atoms with E-state index in [0.29, 0.717) is 12.0 Å².